The normalized spacial score (nSPS) is 11.2. The molecule has 1 N–H and O–H groups in total. The van der Waals surface area contributed by atoms with Gasteiger partial charge in [-0.1, -0.05) is 41.9 Å². The Kier molecular flexibility index (Phi) is 2.87. The molecule has 0 atom stereocenters. The molecular formula is C9H8ClN. The fraction of sp³-hybridized carbons (Fsp3) is 0. The first-order chi connectivity index (χ1) is 5.34. The number of halogens is 1. The van der Waals surface area contributed by atoms with Gasteiger partial charge in [0.25, 0.3) is 0 Å². The molecule has 1 rings (SSSR count). The lowest BCUT2D eigenvalue weighted by atomic mass is 10.2. The molecule has 1 aromatic carbocycles. The van der Waals surface area contributed by atoms with Gasteiger partial charge in [0, 0.05) is 11.2 Å². The predicted octanol–water partition coefficient (Wildman–Crippen LogP) is 2.92. The van der Waals surface area contributed by atoms with E-state index in [2.05, 4.69) is 0 Å². The Labute approximate surface area is 70.8 Å². The molecule has 0 saturated heterocycles. The molecule has 0 amide bonds. The van der Waals surface area contributed by atoms with E-state index in [1.165, 1.54) is 6.21 Å². The number of benzene rings is 1. The van der Waals surface area contributed by atoms with Gasteiger partial charge in [-0.25, -0.2) is 0 Å². The van der Waals surface area contributed by atoms with Crippen molar-refractivity contribution in [3.8, 4) is 0 Å². The maximum atomic E-state index is 6.80. The standard InChI is InChI=1S/C9H8ClN/c10-9(6-7-11)8-4-2-1-3-5-8/h1-7,11H/b9-6-,11-7?. The monoisotopic (exact) mass is 165 g/mol. The summed E-state index contributed by atoms with van der Waals surface area (Å²) in [6.07, 6.45) is 2.73. The first-order valence-corrected chi connectivity index (χ1v) is 3.64. The Morgan fingerprint density at radius 1 is 1.27 bits per heavy atom. The summed E-state index contributed by atoms with van der Waals surface area (Å²) in [5, 5.41) is 7.39. The Balaban J connectivity index is 2.94. The Morgan fingerprint density at radius 2 is 1.91 bits per heavy atom. The molecule has 0 fully saturated rings. The van der Waals surface area contributed by atoms with Gasteiger partial charge >= 0.3 is 0 Å². The van der Waals surface area contributed by atoms with Crippen LogP contribution in [0.1, 0.15) is 5.56 Å². The summed E-state index contributed by atoms with van der Waals surface area (Å²) in [5.74, 6) is 0. The van der Waals surface area contributed by atoms with Crippen LogP contribution in [0.25, 0.3) is 5.03 Å². The van der Waals surface area contributed by atoms with Gasteiger partial charge < -0.3 is 5.41 Å². The van der Waals surface area contributed by atoms with E-state index in [0.717, 1.165) is 5.56 Å². The highest BCUT2D eigenvalue weighted by atomic mass is 35.5. The van der Waals surface area contributed by atoms with Crippen molar-refractivity contribution in [3.05, 3.63) is 42.0 Å². The molecule has 0 bridgehead atoms. The van der Waals surface area contributed by atoms with E-state index in [0.29, 0.717) is 5.03 Å². The van der Waals surface area contributed by atoms with E-state index < -0.39 is 0 Å². The van der Waals surface area contributed by atoms with Crippen LogP contribution in [0.4, 0.5) is 0 Å². The summed E-state index contributed by atoms with van der Waals surface area (Å²) >= 11 is 5.82. The molecule has 0 aliphatic rings. The molecule has 0 aromatic heterocycles. The van der Waals surface area contributed by atoms with Gasteiger partial charge in [-0.15, -0.1) is 0 Å². The van der Waals surface area contributed by atoms with Crippen molar-refractivity contribution in [1.29, 1.82) is 5.41 Å². The summed E-state index contributed by atoms with van der Waals surface area (Å²) in [5.41, 5.74) is 0.942. The van der Waals surface area contributed by atoms with Gasteiger partial charge in [-0.2, -0.15) is 0 Å². The zero-order valence-corrected chi connectivity index (χ0v) is 6.68. The lowest BCUT2D eigenvalue weighted by Gasteiger charge is -1.94. The average Bonchev–Trinajstić information content (AvgIpc) is 2.07. The van der Waals surface area contributed by atoms with Crippen molar-refractivity contribution in [3.63, 3.8) is 0 Å². The van der Waals surface area contributed by atoms with Crippen LogP contribution < -0.4 is 0 Å². The van der Waals surface area contributed by atoms with E-state index in [1.807, 2.05) is 30.3 Å². The minimum absolute atomic E-state index is 0.598. The zero-order chi connectivity index (χ0) is 8.10. The van der Waals surface area contributed by atoms with Gasteiger partial charge in [0.05, 0.1) is 0 Å². The second-order valence-electron chi connectivity index (χ2n) is 2.05. The van der Waals surface area contributed by atoms with Crippen molar-refractivity contribution < 1.29 is 0 Å². The first-order valence-electron chi connectivity index (χ1n) is 3.26. The number of nitrogens with one attached hydrogen (secondary N) is 1. The van der Waals surface area contributed by atoms with Crippen LogP contribution in [0, 0.1) is 5.41 Å². The van der Waals surface area contributed by atoms with E-state index in [4.69, 9.17) is 17.0 Å². The maximum absolute atomic E-state index is 6.80. The quantitative estimate of drug-likeness (QED) is 0.652. The number of hydrogen-bond acceptors (Lipinski definition) is 1. The highest BCUT2D eigenvalue weighted by molar-refractivity contribution is 6.49. The highest BCUT2D eigenvalue weighted by Gasteiger charge is 1.92. The Morgan fingerprint density at radius 3 is 2.45 bits per heavy atom. The molecular weight excluding hydrogens is 158 g/mol. The smallest absolute Gasteiger partial charge is 0.0493 e. The summed E-state index contributed by atoms with van der Waals surface area (Å²) in [4.78, 5) is 0. The second kappa shape index (κ2) is 3.94. The maximum Gasteiger partial charge on any atom is 0.0493 e. The van der Waals surface area contributed by atoms with E-state index in [1.54, 1.807) is 6.08 Å². The Bertz CT molecular complexity index is 264. The average molecular weight is 166 g/mol. The molecule has 11 heavy (non-hydrogen) atoms. The number of hydrogen-bond donors (Lipinski definition) is 1. The third-order valence-electron chi connectivity index (χ3n) is 1.28. The minimum Gasteiger partial charge on any atom is -0.309 e. The lowest BCUT2D eigenvalue weighted by molar-refractivity contribution is 1.58. The fourth-order valence-corrected chi connectivity index (χ4v) is 0.956. The molecule has 0 radical (unpaired) electrons. The second-order valence-corrected chi connectivity index (χ2v) is 2.45. The first kappa shape index (κ1) is 8.02. The van der Waals surface area contributed by atoms with Crippen molar-refractivity contribution >= 4 is 22.8 Å². The van der Waals surface area contributed by atoms with Gasteiger partial charge in [0.1, 0.15) is 0 Å². The molecule has 0 heterocycles. The third kappa shape index (κ3) is 2.20. The van der Waals surface area contributed by atoms with Crippen LogP contribution in [-0.4, -0.2) is 6.21 Å². The molecule has 1 nitrogen and oxygen atoms in total. The molecule has 2 heteroatoms. The van der Waals surface area contributed by atoms with Gasteiger partial charge in [0.2, 0.25) is 0 Å². The van der Waals surface area contributed by atoms with Crippen LogP contribution in [0.5, 0.6) is 0 Å². The summed E-state index contributed by atoms with van der Waals surface area (Å²) in [6.45, 7) is 0. The molecule has 0 spiro atoms. The topological polar surface area (TPSA) is 23.9 Å². The minimum atomic E-state index is 0.598. The van der Waals surface area contributed by atoms with Crippen LogP contribution in [-0.2, 0) is 0 Å². The summed E-state index contributed by atoms with van der Waals surface area (Å²) in [6, 6.07) is 9.56. The molecule has 0 unspecified atom stereocenters. The number of allylic oxidation sites excluding steroid dienone is 1. The van der Waals surface area contributed by atoms with E-state index >= 15 is 0 Å². The number of rotatable bonds is 2. The highest BCUT2D eigenvalue weighted by Crippen LogP contribution is 2.16. The van der Waals surface area contributed by atoms with Crippen molar-refractivity contribution in [2.24, 2.45) is 0 Å². The molecule has 56 valence electrons. The Hall–Kier alpha value is -1.08. The molecule has 0 saturated carbocycles. The molecule has 0 aliphatic heterocycles. The van der Waals surface area contributed by atoms with Gasteiger partial charge in [-0.05, 0) is 11.6 Å². The van der Waals surface area contributed by atoms with E-state index in [9.17, 15) is 0 Å². The van der Waals surface area contributed by atoms with Gasteiger partial charge in [0.15, 0.2) is 0 Å². The van der Waals surface area contributed by atoms with Crippen molar-refractivity contribution in [2.75, 3.05) is 0 Å². The van der Waals surface area contributed by atoms with Gasteiger partial charge in [-0.3, -0.25) is 0 Å². The van der Waals surface area contributed by atoms with Crippen LogP contribution in [0.3, 0.4) is 0 Å². The molecule has 0 aliphatic carbocycles. The van der Waals surface area contributed by atoms with Crippen LogP contribution >= 0.6 is 11.6 Å². The predicted molar refractivity (Wildman–Crippen MR) is 49.1 cm³/mol. The van der Waals surface area contributed by atoms with Crippen molar-refractivity contribution in [2.45, 2.75) is 0 Å². The zero-order valence-electron chi connectivity index (χ0n) is 5.92. The largest absolute Gasteiger partial charge is 0.309 e. The SMILES string of the molecule is N=C/C=C(\Cl)c1ccccc1. The third-order valence-corrected chi connectivity index (χ3v) is 1.62. The van der Waals surface area contributed by atoms with Crippen LogP contribution in [0.15, 0.2) is 36.4 Å². The van der Waals surface area contributed by atoms with Crippen LogP contribution in [0.2, 0.25) is 0 Å². The van der Waals surface area contributed by atoms with Crippen molar-refractivity contribution in [1.82, 2.24) is 0 Å². The lowest BCUT2D eigenvalue weighted by Crippen LogP contribution is -1.74. The van der Waals surface area contributed by atoms with E-state index in [-0.39, 0.29) is 0 Å². The molecule has 1 aromatic rings. The summed E-state index contributed by atoms with van der Waals surface area (Å²) < 4.78 is 0. The fourth-order valence-electron chi connectivity index (χ4n) is 0.767. The summed E-state index contributed by atoms with van der Waals surface area (Å²) in [7, 11) is 0.